The van der Waals surface area contributed by atoms with Crippen LogP contribution in [-0.4, -0.2) is 36.6 Å². The zero-order chi connectivity index (χ0) is 25.4. The van der Waals surface area contributed by atoms with Crippen molar-refractivity contribution in [3.8, 4) is 10.4 Å². The molecule has 1 saturated carbocycles. The number of benzene rings is 2. The molecular formula is C25H24Cl3N3O4S3. The number of nitrogens with zero attached hydrogens (tertiary/aromatic N) is 1. The quantitative estimate of drug-likeness (QED) is 0.210. The van der Waals surface area contributed by atoms with Gasteiger partial charge in [-0.05, 0) is 41.8 Å². The number of carboxylic acids is 1. The van der Waals surface area contributed by atoms with Crippen LogP contribution >= 0.6 is 59.1 Å². The number of carbonyl (C=O) groups is 1. The van der Waals surface area contributed by atoms with Crippen LogP contribution in [0.15, 0.2) is 82.5 Å². The second-order valence-corrected chi connectivity index (χ2v) is 13.0. The number of sulfonamides is 1. The van der Waals surface area contributed by atoms with Crippen LogP contribution in [0.2, 0.25) is 5.02 Å². The van der Waals surface area contributed by atoms with E-state index in [0.717, 1.165) is 32.3 Å². The van der Waals surface area contributed by atoms with Gasteiger partial charge >= 0.3 is 5.97 Å². The third kappa shape index (κ3) is 5.78. The lowest BCUT2D eigenvalue weighted by molar-refractivity contribution is -0.140. The van der Waals surface area contributed by atoms with Crippen LogP contribution in [0, 0.1) is 0 Å². The fourth-order valence-electron chi connectivity index (χ4n) is 4.52. The van der Waals surface area contributed by atoms with Crippen LogP contribution in [0.4, 0.5) is 0 Å². The fourth-order valence-corrected chi connectivity index (χ4v) is 7.97. The minimum Gasteiger partial charge on any atom is -0.480 e. The Morgan fingerprint density at radius 2 is 1.76 bits per heavy atom. The van der Waals surface area contributed by atoms with E-state index in [4.69, 9.17) is 11.6 Å². The number of halogens is 3. The SMILES string of the molecule is Cl.Cl.O=C(O)C1(NS(=O)(=O)c2ccc(-c3ccc(Cl)cc3)s2)CC1(CNCc1nccs1)c1ccccc1. The minimum atomic E-state index is -4.12. The molecule has 13 heteroatoms. The van der Waals surface area contributed by atoms with E-state index in [1.807, 2.05) is 47.8 Å². The third-order valence-corrected chi connectivity index (χ3v) is 10.6. The predicted octanol–water partition coefficient (Wildman–Crippen LogP) is 5.60. The zero-order valence-corrected chi connectivity index (χ0v) is 24.5. The van der Waals surface area contributed by atoms with Gasteiger partial charge in [0.25, 0.3) is 10.0 Å². The molecule has 2 aromatic heterocycles. The summed E-state index contributed by atoms with van der Waals surface area (Å²) >= 11 is 8.54. The summed E-state index contributed by atoms with van der Waals surface area (Å²) < 4.78 is 29.5. The van der Waals surface area contributed by atoms with Crippen LogP contribution < -0.4 is 10.0 Å². The lowest BCUT2D eigenvalue weighted by Crippen LogP contribution is -2.51. The number of thiazole rings is 1. The molecule has 2 heterocycles. The number of thiophene rings is 1. The number of hydrogen-bond donors (Lipinski definition) is 3. The van der Waals surface area contributed by atoms with Gasteiger partial charge < -0.3 is 10.4 Å². The summed E-state index contributed by atoms with van der Waals surface area (Å²) in [5, 5.41) is 17.0. The molecule has 0 aliphatic heterocycles. The first-order valence-corrected chi connectivity index (χ1v) is 14.6. The first kappa shape index (κ1) is 30.5. The highest BCUT2D eigenvalue weighted by atomic mass is 35.5. The van der Waals surface area contributed by atoms with Gasteiger partial charge in [-0.15, -0.1) is 47.5 Å². The lowest BCUT2D eigenvalue weighted by Gasteiger charge is -2.24. The van der Waals surface area contributed by atoms with Gasteiger partial charge in [-0.1, -0.05) is 54.1 Å². The van der Waals surface area contributed by atoms with Gasteiger partial charge in [0.2, 0.25) is 0 Å². The van der Waals surface area contributed by atoms with Crippen molar-refractivity contribution < 1.29 is 18.3 Å². The van der Waals surface area contributed by atoms with Crippen molar-refractivity contribution in [1.82, 2.24) is 15.0 Å². The molecule has 1 fully saturated rings. The Balaban J connectivity index is 0.00000200. The van der Waals surface area contributed by atoms with Gasteiger partial charge in [0.05, 0.1) is 0 Å². The van der Waals surface area contributed by atoms with Crippen LogP contribution in [0.25, 0.3) is 10.4 Å². The Morgan fingerprint density at radius 1 is 1.05 bits per heavy atom. The molecule has 2 unspecified atom stereocenters. The summed E-state index contributed by atoms with van der Waals surface area (Å²) in [7, 11) is -4.12. The summed E-state index contributed by atoms with van der Waals surface area (Å²) in [6.07, 6.45) is 1.83. The number of carboxylic acid groups (broad SMARTS) is 1. The Labute approximate surface area is 246 Å². The third-order valence-electron chi connectivity index (χ3n) is 6.42. The number of aliphatic carboxylic acids is 1. The molecular weight excluding hydrogens is 609 g/mol. The van der Waals surface area contributed by atoms with Gasteiger partial charge in [-0.25, -0.2) is 13.4 Å². The van der Waals surface area contributed by atoms with Crippen molar-refractivity contribution in [2.75, 3.05) is 6.54 Å². The van der Waals surface area contributed by atoms with Gasteiger partial charge in [0.1, 0.15) is 14.8 Å². The molecule has 3 N–H and O–H groups in total. The van der Waals surface area contributed by atoms with Crippen molar-refractivity contribution in [2.45, 2.75) is 28.1 Å². The van der Waals surface area contributed by atoms with E-state index in [9.17, 15) is 18.3 Å². The second kappa shape index (κ2) is 12.0. The highest BCUT2D eigenvalue weighted by molar-refractivity contribution is 7.91. The van der Waals surface area contributed by atoms with E-state index in [2.05, 4.69) is 15.0 Å². The van der Waals surface area contributed by atoms with Crippen LogP contribution in [0.1, 0.15) is 17.0 Å². The van der Waals surface area contributed by atoms with Crippen LogP contribution in [0.3, 0.4) is 0 Å². The second-order valence-electron chi connectivity index (χ2n) is 8.60. The Morgan fingerprint density at radius 3 is 2.39 bits per heavy atom. The minimum absolute atomic E-state index is 0. The molecule has 202 valence electrons. The van der Waals surface area contributed by atoms with E-state index >= 15 is 0 Å². The van der Waals surface area contributed by atoms with Crippen LogP contribution in [-0.2, 0) is 26.8 Å². The topological polar surface area (TPSA) is 108 Å². The highest BCUT2D eigenvalue weighted by Gasteiger charge is 2.74. The zero-order valence-electron chi connectivity index (χ0n) is 19.7. The number of hydrogen-bond acceptors (Lipinski definition) is 7. The Kier molecular flexibility index (Phi) is 9.65. The van der Waals surface area contributed by atoms with E-state index in [1.165, 1.54) is 17.4 Å². The average Bonchev–Trinajstić information content (AvgIpc) is 3.26. The Hall–Kier alpha value is -2.02. The number of rotatable bonds is 10. The maximum absolute atomic E-state index is 13.5. The monoisotopic (exact) mass is 631 g/mol. The number of aromatic nitrogens is 1. The molecule has 1 aliphatic carbocycles. The predicted molar refractivity (Wildman–Crippen MR) is 157 cm³/mol. The lowest BCUT2D eigenvalue weighted by atomic mass is 9.90. The summed E-state index contributed by atoms with van der Waals surface area (Å²) in [6, 6.07) is 19.5. The molecule has 0 saturated heterocycles. The van der Waals surface area contributed by atoms with E-state index in [-0.39, 0.29) is 42.0 Å². The molecule has 2 aromatic carbocycles. The van der Waals surface area contributed by atoms with Crippen LogP contribution in [0.5, 0.6) is 0 Å². The maximum atomic E-state index is 13.5. The molecule has 0 bridgehead atoms. The highest BCUT2D eigenvalue weighted by Crippen LogP contribution is 2.58. The molecule has 2 atom stereocenters. The molecule has 7 nitrogen and oxygen atoms in total. The smallest absolute Gasteiger partial charge is 0.325 e. The van der Waals surface area contributed by atoms with Crippen molar-refractivity contribution in [1.29, 1.82) is 0 Å². The molecule has 1 aliphatic rings. The molecule has 4 aromatic rings. The summed E-state index contributed by atoms with van der Waals surface area (Å²) in [4.78, 5) is 17.7. The standard InChI is InChI=1S/C25H22ClN3O4S3.2ClH/c26-19-8-6-17(7-9-19)20-10-11-22(35-20)36(32,33)29-25(23(30)31)15-24(25,18-4-2-1-3-5-18)16-27-14-21-28-12-13-34-21;;/h1-13,27,29H,14-16H2,(H,30,31);2*1H. The molecule has 38 heavy (non-hydrogen) atoms. The largest absolute Gasteiger partial charge is 0.480 e. The summed E-state index contributed by atoms with van der Waals surface area (Å²) in [5.41, 5.74) is -1.06. The van der Waals surface area contributed by atoms with Gasteiger partial charge in [0, 0.05) is 40.0 Å². The summed E-state index contributed by atoms with van der Waals surface area (Å²) in [5.74, 6) is -1.21. The van der Waals surface area contributed by atoms with E-state index in [1.54, 1.807) is 24.4 Å². The molecule has 0 spiro atoms. The van der Waals surface area contributed by atoms with Crippen molar-refractivity contribution in [3.63, 3.8) is 0 Å². The normalized spacial score (nSPS) is 20.2. The Bertz CT molecular complexity index is 1480. The molecule has 0 radical (unpaired) electrons. The first-order chi connectivity index (χ1) is 17.3. The van der Waals surface area contributed by atoms with Crippen molar-refractivity contribution >= 4 is 75.1 Å². The number of nitrogens with one attached hydrogen (secondary N) is 2. The first-order valence-electron chi connectivity index (χ1n) is 11.0. The van der Waals surface area contributed by atoms with E-state index < -0.39 is 26.9 Å². The molecule has 0 amide bonds. The average molecular weight is 633 g/mol. The van der Waals surface area contributed by atoms with E-state index in [0.29, 0.717) is 11.6 Å². The van der Waals surface area contributed by atoms with Gasteiger partial charge in [-0.2, -0.15) is 4.72 Å². The fraction of sp³-hybridized carbons (Fsp3) is 0.200. The van der Waals surface area contributed by atoms with Crippen molar-refractivity contribution in [2.24, 2.45) is 0 Å². The summed E-state index contributed by atoms with van der Waals surface area (Å²) in [6.45, 7) is 0.732. The van der Waals surface area contributed by atoms with Crippen molar-refractivity contribution in [3.05, 3.63) is 93.9 Å². The molecule has 5 rings (SSSR count). The van der Waals surface area contributed by atoms with Gasteiger partial charge in [-0.3, -0.25) is 4.79 Å². The van der Waals surface area contributed by atoms with Gasteiger partial charge in [0.15, 0.2) is 0 Å². The maximum Gasteiger partial charge on any atom is 0.325 e.